The fourth-order valence-electron chi connectivity index (χ4n) is 5.73. The van der Waals surface area contributed by atoms with Crippen molar-refractivity contribution in [3.05, 3.63) is 95.3 Å². The van der Waals surface area contributed by atoms with Gasteiger partial charge in [0, 0.05) is 30.5 Å². The first-order valence-corrected chi connectivity index (χ1v) is 18.1. The summed E-state index contributed by atoms with van der Waals surface area (Å²) in [5, 5.41) is 5.30. The van der Waals surface area contributed by atoms with Crippen molar-refractivity contribution in [3.63, 3.8) is 0 Å². The van der Waals surface area contributed by atoms with E-state index in [9.17, 15) is 17.2 Å². The summed E-state index contributed by atoms with van der Waals surface area (Å²) in [6.07, 6.45) is 5.59. The van der Waals surface area contributed by atoms with Crippen LogP contribution in [-0.2, 0) is 32.2 Å². The van der Waals surface area contributed by atoms with Gasteiger partial charge < -0.3 is 9.64 Å². The number of hydrogen-bond acceptors (Lipinski definition) is 7. The van der Waals surface area contributed by atoms with E-state index in [1.807, 2.05) is 59.5 Å². The topological polar surface area (TPSA) is 117 Å². The first-order chi connectivity index (χ1) is 21.7. The molecule has 9 nitrogen and oxygen atoms in total. The molecule has 1 aliphatic heterocycles. The molecular weight excluding hydrogens is 633 g/mol. The van der Waals surface area contributed by atoms with Crippen LogP contribution in [0.4, 0.5) is 5.69 Å². The van der Waals surface area contributed by atoms with Crippen LogP contribution in [0.5, 0.6) is 5.75 Å². The van der Waals surface area contributed by atoms with Crippen molar-refractivity contribution < 1.29 is 35.2 Å². The number of nitrogens with zero attached hydrogens (tertiary/aromatic N) is 2. The molecule has 0 saturated carbocycles. The minimum Gasteiger partial charge on any atom is -0.439 e. The predicted molar refractivity (Wildman–Crippen MR) is 180 cm³/mol. The molecule has 0 bridgehead atoms. The van der Waals surface area contributed by atoms with Crippen LogP contribution in [0.15, 0.2) is 90.3 Å². The van der Waals surface area contributed by atoms with Crippen LogP contribution in [-0.4, -0.2) is 40.6 Å². The third-order valence-corrected chi connectivity index (χ3v) is 10.0. The standard InChI is InChI=1S/C33H32N2O7S3/c1-2-23(21-30-34(18-8-20-45(38,39)40)32-26-11-5-3-9-24(26)13-15-28(32)42-30)22-31-35(17-7-19-41-44(36)37)33-27-12-6-4-10-25(27)14-16-29(33)43-31/h3-6,9-16,21-22H,2,7-8,17-20H2,1H3,(H-,36,37,38,39,40)/p+1. The Morgan fingerprint density at radius 2 is 1.73 bits per heavy atom. The predicted octanol–water partition coefficient (Wildman–Crippen LogP) is 6.85. The summed E-state index contributed by atoms with van der Waals surface area (Å²) in [5.74, 6) is 0.921. The van der Waals surface area contributed by atoms with E-state index in [2.05, 4.69) is 41.8 Å². The van der Waals surface area contributed by atoms with E-state index in [0.717, 1.165) is 48.0 Å². The zero-order valence-electron chi connectivity index (χ0n) is 24.6. The number of aromatic nitrogens is 1. The van der Waals surface area contributed by atoms with E-state index in [-0.39, 0.29) is 18.8 Å². The molecule has 0 saturated heterocycles. The molecular formula is C33H33N2O7S3+. The smallest absolute Gasteiger partial charge is 0.301 e. The average Bonchev–Trinajstić information content (AvgIpc) is 3.55. The Hall–Kier alpha value is -3.65. The number of benzene rings is 4. The van der Waals surface area contributed by atoms with Gasteiger partial charge in [0.25, 0.3) is 15.1 Å². The highest BCUT2D eigenvalue weighted by molar-refractivity contribution is 7.85. The fourth-order valence-corrected chi connectivity index (χ4v) is 7.66. The number of allylic oxidation sites excluding steroid dienone is 2. The minimum atomic E-state index is -4.11. The molecule has 12 heteroatoms. The molecule has 4 aromatic carbocycles. The molecule has 5 aromatic rings. The molecule has 6 rings (SSSR count). The van der Waals surface area contributed by atoms with Gasteiger partial charge in [0.15, 0.2) is 12.3 Å². The van der Waals surface area contributed by atoms with Crippen LogP contribution in [0.25, 0.3) is 37.8 Å². The number of ether oxygens (including phenoxy) is 1. The molecule has 1 aromatic heterocycles. The van der Waals surface area contributed by atoms with E-state index in [1.54, 1.807) is 11.3 Å². The van der Waals surface area contributed by atoms with Crippen molar-refractivity contribution in [1.29, 1.82) is 0 Å². The third kappa shape index (κ3) is 6.96. The van der Waals surface area contributed by atoms with Crippen molar-refractivity contribution in [2.24, 2.45) is 0 Å². The lowest BCUT2D eigenvalue weighted by Crippen LogP contribution is -2.36. The molecule has 1 aliphatic rings. The van der Waals surface area contributed by atoms with Crippen LogP contribution < -0.4 is 14.2 Å². The van der Waals surface area contributed by atoms with Crippen LogP contribution in [0.3, 0.4) is 0 Å². The zero-order chi connectivity index (χ0) is 31.6. The number of aryl methyl sites for hydroxylation is 1. The maximum atomic E-state index is 11.5. The van der Waals surface area contributed by atoms with Crippen LogP contribution in [0.2, 0.25) is 0 Å². The molecule has 45 heavy (non-hydrogen) atoms. The fraction of sp³-hybridized carbons (Fsp3) is 0.242. The first-order valence-electron chi connectivity index (χ1n) is 14.6. The van der Waals surface area contributed by atoms with E-state index in [4.69, 9.17) is 13.5 Å². The third-order valence-electron chi connectivity index (χ3n) is 7.75. The minimum absolute atomic E-state index is 0.143. The highest BCUT2D eigenvalue weighted by Crippen LogP contribution is 2.44. The summed E-state index contributed by atoms with van der Waals surface area (Å²) < 4.78 is 67.3. The lowest BCUT2D eigenvalue weighted by Gasteiger charge is -2.19. The highest BCUT2D eigenvalue weighted by Gasteiger charge is 2.29. The largest absolute Gasteiger partial charge is 0.439 e. The summed E-state index contributed by atoms with van der Waals surface area (Å²) in [7, 11) is -4.11. The van der Waals surface area contributed by atoms with E-state index < -0.39 is 21.5 Å². The summed E-state index contributed by atoms with van der Waals surface area (Å²) in [5.41, 5.74) is 2.97. The Morgan fingerprint density at radius 3 is 2.47 bits per heavy atom. The van der Waals surface area contributed by atoms with E-state index in [1.165, 1.54) is 0 Å². The maximum absolute atomic E-state index is 11.5. The Balaban J connectivity index is 1.42. The molecule has 2 N–H and O–H groups in total. The van der Waals surface area contributed by atoms with E-state index >= 15 is 0 Å². The molecule has 234 valence electrons. The second-order valence-electron chi connectivity index (χ2n) is 10.7. The zero-order valence-corrected chi connectivity index (χ0v) is 27.0. The quantitative estimate of drug-likeness (QED) is 0.0643. The highest BCUT2D eigenvalue weighted by atomic mass is 32.2. The molecule has 0 radical (unpaired) electrons. The van der Waals surface area contributed by atoms with Gasteiger partial charge >= 0.3 is 11.4 Å². The second kappa shape index (κ2) is 13.4. The molecule has 2 heterocycles. The molecule has 1 unspecified atom stereocenters. The summed E-state index contributed by atoms with van der Waals surface area (Å²) in [6, 6.07) is 24.4. The molecule has 0 fully saturated rings. The van der Waals surface area contributed by atoms with Gasteiger partial charge in [-0.25, -0.2) is 0 Å². The van der Waals surface area contributed by atoms with Gasteiger partial charge in [-0.2, -0.15) is 17.2 Å². The van der Waals surface area contributed by atoms with Crippen LogP contribution in [0.1, 0.15) is 31.2 Å². The Bertz CT molecular complexity index is 2090. The van der Waals surface area contributed by atoms with Crippen LogP contribution >= 0.6 is 11.3 Å². The van der Waals surface area contributed by atoms with Gasteiger partial charge in [-0.1, -0.05) is 72.9 Å². The van der Waals surface area contributed by atoms with Crippen molar-refractivity contribution in [2.45, 2.75) is 32.7 Å². The van der Waals surface area contributed by atoms with Gasteiger partial charge in [0.2, 0.25) is 11.4 Å². The van der Waals surface area contributed by atoms with Gasteiger partial charge in [-0.3, -0.25) is 13.3 Å². The second-order valence-corrected chi connectivity index (χ2v) is 14.0. The number of fused-ring (bicyclic) bond motifs is 6. The van der Waals surface area contributed by atoms with Crippen molar-refractivity contribution >= 4 is 76.3 Å². The van der Waals surface area contributed by atoms with Gasteiger partial charge in [-0.15, -0.1) is 0 Å². The number of hydrogen-bond donors (Lipinski definition) is 2. The molecule has 1 atom stereocenters. The Labute approximate surface area is 268 Å². The molecule has 0 spiro atoms. The first kappa shape index (κ1) is 31.3. The van der Waals surface area contributed by atoms with Crippen molar-refractivity contribution in [1.82, 2.24) is 0 Å². The lowest BCUT2D eigenvalue weighted by molar-refractivity contribution is -0.668. The SMILES string of the molecule is CCC(=Cc1sc2ccc3ccccc3c2[n+]1CCCOS(=O)O)C=C1Oc2ccc3ccccc3c2N1CCCS(=O)(=O)O. The summed E-state index contributed by atoms with van der Waals surface area (Å²) >= 11 is -0.642. The number of rotatable bonds is 12. The van der Waals surface area contributed by atoms with Crippen molar-refractivity contribution in [3.8, 4) is 5.75 Å². The Morgan fingerprint density at radius 1 is 1.02 bits per heavy atom. The monoisotopic (exact) mass is 665 g/mol. The van der Waals surface area contributed by atoms with E-state index in [0.29, 0.717) is 37.6 Å². The molecule has 0 amide bonds. The van der Waals surface area contributed by atoms with Crippen LogP contribution in [0, 0.1) is 0 Å². The van der Waals surface area contributed by atoms with Gasteiger partial charge in [-0.05, 0) is 47.4 Å². The van der Waals surface area contributed by atoms with Gasteiger partial charge in [0.1, 0.15) is 4.70 Å². The van der Waals surface area contributed by atoms with Crippen molar-refractivity contribution in [2.75, 3.05) is 23.8 Å². The van der Waals surface area contributed by atoms with Gasteiger partial charge in [0.05, 0.1) is 23.4 Å². The number of anilines is 1. The molecule has 0 aliphatic carbocycles. The Kier molecular flexibility index (Phi) is 9.31. The normalized spacial score (nSPS) is 15.3. The number of thiazole rings is 1. The lowest BCUT2D eigenvalue weighted by atomic mass is 10.1. The average molecular weight is 666 g/mol. The summed E-state index contributed by atoms with van der Waals surface area (Å²) in [4.78, 5) is 1.99. The maximum Gasteiger partial charge on any atom is 0.301 e. The summed E-state index contributed by atoms with van der Waals surface area (Å²) in [6.45, 7) is 3.14.